The molecule has 2 fully saturated rings. The second-order valence-corrected chi connectivity index (χ2v) is 9.18. The van der Waals surface area contributed by atoms with Gasteiger partial charge >= 0.3 is 0 Å². The molecule has 1 aromatic heterocycles. The molecule has 2 aromatic carbocycles. The van der Waals surface area contributed by atoms with Crippen LogP contribution in [0.25, 0.3) is 10.9 Å². The van der Waals surface area contributed by atoms with Gasteiger partial charge in [-0.1, -0.05) is 6.07 Å². The number of hydrogen-bond acceptors (Lipinski definition) is 5. The number of rotatable bonds is 4. The van der Waals surface area contributed by atoms with Crippen LogP contribution in [0.3, 0.4) is 0 Å². The third-order valence-corrected chi connectivity index (χ3v) is 6.80. The van der Waals surface area contributed by atoms with Gasteiger partial charge in [0.05, 0.1) is 17.4 Å². The van der Waals surface area contributed by atoms with Gasteiger partial charge < -0.3 is 10.2 Å². The van der Waals surface area contributed by atoms with E-state index in [2.05, 4.69) is 27.8 Å². The Kier molecular flexibility index (Phi) is 4.69. The summed E-state index contributed by atoms with van der Waals surface area (Å²) in [5.74, 6) is -0.701. The topological polar surface area (TPSA) is 108 Å². The van der Waals surface area contributed by atoms with Crippen LogP contribution < -0.4 is 10.6 Å². The summed E-state index contributed by atoms with van der Waals surface area (Å²) in [5, 5.41) is 6.18. The Morgan fingerprint density at radius 3 is 2.68 bits per heavy atom. The second-order valence-electron chi connectivity index (χ2n) is 9.18. The molecule has 1 saturated heterocycles. The van der Waals surface area contributed by atoms with Gasteiger partial charge in [-0.25, -0.2) is 0 Å². The molecule has 3 heterocycles. The molecule has 8 nitrogen and oxygen atoms in total. The number of nitrogens with zero attached hydrogens (tertiary/aromatic N) is 2. The number of nitrogens with one attached hydrogen (secondary N) is 2. The lowest BCUT2D eigenvalue weighted by Crippen LogP contribution is -2.52. The first-order chi connectivity index (χ1) is 16.5. The van der Waals surface area contributed by atoms with Crippen molar-refractivity contribution in [3.05, 3.63) is 70.9 Å². The molecule has 1 atom stereocenters. The van der Waals surface area contributed by atoms with E-state index in [1.54, 1.807) is 24.4 Å². The van der Waals surface area contributed by atoms with E-state index >= 15 is 0 Å². The van der Waals surface area contributed by atoms with E-state index in [1.807, 2.05) is 12.1 Å². The van der Waals surface area contributed by atoms with E-state index in [4.69, 9.17) is 0 Å². The number of carbonyl (C=O) groups is 4. The summed E-state index contributed by atoms with van der Waals surface area (Å²) in [7, 11) is 0. The molecule has 4 amide bonds. The van der Waals surface area contributed by atoms with E-state index in [0.717, 1.165) is 10.9 Å². The van der Waals surface area contributed by atoms with Gasteiger partial charge in [-0.15, -0.1) is 0 Å². The molecular formula is C26H22N4O4. The monoisotopic (exact) mass is 454 g/mol. The summed E-state index contributed by atoms with van der Waals surface area (Å²) in [6.07, 6.45) is 4.58. The van der Waals surface area contributed by atoms with Gasteiger partial charge in [0.15, 0.2) is 0 Å². The molecule has 34 heavy (non-hydrogen) atoms. The number of fused-ring (bicyclic) bond motifs is 2. The maximum Gasteiger partial charge on any atom is 0.255 e. The van der Waals surface area contributed by atoms with Crippen molar-refractivity contribution in [1.29, 1.82) is 0 Å². The third-order valence-electron chi connectivity index (χ3n) is 6.80. The van der Waals surface area contributed by atoms with Crippen molar-refractivity contribution in [2.24, 2.45) is 0 Å². The summed E-state index contributed by atoms with van der Waals surface area (Å²) in [5.41, 5.74) is 4.37. The van der Waals surface area contributed by atoms with Crippen molar-refractivity contribution in [2.45, 2.75) is 44.2 Å². The zero-order valence-corrected chi connectivity index (χ0v) is 18.3. The van der Waals surface area contributed by atoms with Crippen LogP contribution in [-0.4, -0.2) is 39.6 Å². The smallest absolute Gasteiger partial charge is 0.255 e. The number of benzene rings is 2. The average molecular weight is 454 g/mol. The van der Waals surface area contributed by atoms with Crippen molar-refractivity contribution < 1.29 is 19.2 Å². The normalized spacial score (nSPS) is 19.8. The number of piperidine rings is 1. The van der Waals surface area contributed by atoms with Crippen molar-refractivity contribution >= 4 is 40.2 Å². The van der Waals surface area contributed by atoms with Crippen molar-refractivity contribution in [3.63, 3.8) is 0 Å². The van der Waals surface area contributed by atoms with Crippen LogP contribution in [0.2, 0.25) is 0 Å². The zero-order valence-electron chi connectivity index (χ0n) is 18.3. The number of hydrogen-bond donors (Lipinski definition) is 2. The summed E-state index contributed by atoms with van der Waals surface area (Å²) >= 11 is 0. The summed E-state index contributed by atoms with van der Waals surface area (Å²) in [6.45, 7) is 0.225. The van der Waals surface area contributed by atoms with E-state index in [0.29, 0.717) is 34.7 Å². The largest absolute Gasteiger partial charge is 0.322 e. The fourth-order valence-electron chi connectivity index (χ4n) is 4.81. The van der Waals surface area contributed by atoms with Crippen LogP contribution in [0.5, 0.6) is 0 Å². The number of anilines is 1. The lowest BCUT2D eigenvalue weighted by molar-refractivity contribution is -0.136. The molecule has 6 rings (SSSR count). The molecule has 1 aliphatic carbocycles. The Hall–Kier alpha value is -4.07. The molecule has 3 aromatic rings. The number of imide groups is 1. The summed E-state index contributed by atoms with van der Waals surface area (Å²) in [6, 6.07) is 12.4. The molecule has 2 N–H and O–H groups in total. The van der Waals surface area contributed by atoms with Gasteiger partial charge in [-0.05, 0) is 72.7 Å². The molecule has 8 heteroatoms. The summed E-state index contributed by atoms with van der Waals surface area (Å²) < 4.78 is 0. The van der Waals surface area contributed by atoms with Gasteiger partial charge in [-0.3, -0.25) is 29.5 Å². The van der Waals surface area contributed by atoms with Crippen LogP contribution in [0.1, 0.15) is 63.4 Å². The van der Waals surface area contributed by atoms with Gasteiger partial charge in [0.1, 0.15) is 6.04 Å². The lowest BCUT2D eigenvalue weighted by Gasteiger charge is -2.29. The van der Waals surface area contributed by atoms with E-state index in [9.17, 15) is 19.2 Å². The van der Waals surface area contributed by atoms with E-state index in [-0.39, 0.29) is 30.7 Å². The maximum absolute atomic E-state index is 12.9. The Morgan fingerprint density at radius 2 is 1.88 bits per heavy atom. The first kappa shape index (κ1) is 20.5. The van der Waals surface area contributed by atoms with E-state index in [1.165, 1.54) is 23.3 Å². The van der Waals surface area contributed by atoms with Gasteiger partial charge in [-0.2, -0.15) is 0 Å². The molecule has 0 radical (unpaired) electrons. The lowest BCUT2D eigenvalue weighted by atomic mass is 10.0. The fourth-order valence-corrected chi connectivity index (χ4v) is 4.81. The van der Waals surface area contributed by atoms with Crippen molar-refractivity contribution in [2.75, 3.05) is 5.32 Å². The van der Waals surface area contributed by atoms with Crippen molar-refractivity contribution in [1.82, 2.24) is 15.2 Å². The Morgan fingerprint density at radius 1 is 1.03 bits per heavy atom. The Labute approximate surface area is 195 Å². The zero-order chi connectivity index (χ0) is 23.4. The predicted molar refractivity (Wildman–Crippen MR) is 124 cm³/mol. The minimum absolute atomic E-state index is 0.201. The average Bonchev–Trinajstić information content (AvgIpc) is 3.63. The Bertz CT molecular complexity index is 1390. The number of aromatic nitrogens is 1. The Balaban J connectivity index is 1.20. The molecule has 1 saturated carbocycles. The SMILES string of the molecule is O=C1CCC(N2Cc3cc(C(=O)Nc4cnc5ccc(C6CC6)cc5c4)ccc3C2=O)C(=O)N1. The third kappa shape index (κ3) is 3.61. The number of pyridine rings is 1. The highest BCUT2D eigenvalue weighted by Gasteiger charge is 2.39. The van der Waals surface area contributed by atoms with Gasteiger partial charge in [0.25, 0.3) is 11.8 Å². The summed E-state index contributed by atoms with van der Waals surface area (Å²) in [4.78, 5) is 55.4. The van der Waals surface area contributed by atoms with Gasteiger partial charge in [0, 0.05) is 29.5 Å². The highest BCUT2D eigenvalue weighted by Crippen LogP contribution is 2.40. The van der Waals surface area contributed by atoms with Crippen LogP contribution in [0, 0.1) is 0 Å². The quantitative estimate of drug-likeness (QED) is 0.589. The number of carbonyl (C=O) groups excluding carboxylic acids is 4. The van der Waals surface area contributed by atoms with Gasteiger partial charge in [0.2, 0.25) is 11.8 Å². The highest BCUT2D eigenvalue weighted by atomic mass is 16.2. The molecular weight excluding hydrogens is 432 g/mol. The van der Waals surface area contributed by atoms with Crippen LogP contribution >= 0.6 is 0 Å². The minimum Gasteiger partial charge on any atom is -0.322 e. The molecule has 0 bridgehead atoms. The molecule has 2 aliphatic heterocycles. The van der Waals surface area contributed by atoms with Crippen LogP contribution in [0.4, 0.5) is 5.69 Å². The molecule has 0 spiro atoms. The van der Waals surface area contributed by atoms with Crippen LogP contribution in [-0.2, 0) is 16.1 Å². The minimum atomic E-state index is -0.681. The molecule has 170 valence electrons. The van der Waals surface area contributed by atoms with Crippen molar-refractivity contribution in [3.8, 4) is 0 Å². The second kappa shape index (κ2) is 7.76. The number of amides is 4. The van der Waals surface area contributed by atoms with Crippen LogP contribution in [0.15, 0.2) is 48.7 Å². The highest BCUT2D eigenvalue weighted by molar-refractivity contribution is 6.08. The first-order valence-electron chi connectivity index (χ1n) is 11.4. The van der Waals surface area contributed by atoms with E-state index < -0.39 is 11.9 Å². The standard InChI is InChI=1S/C26H22N4O4/c31-23-8-7-22(25(33)29-23)30-13-18-10-16(3-5-20(18)26(30)34)24(32)28-19-11-17-9-15(14-1-2-14)4-6-21(17)27-12-19/h3-6,9-12,14,22H,1-2,7-8,13H2,(H,28,32)(H,29,31,33). The molecule has 3 aliphatic rings. The fraction of sp³-hybridized carbons (Fsp3) is 0.269. The predicted octanol–water partition coefficient (Wildman–Crippen LogP) is 3.13. The first-order valence-corrected chi connectivity index (χ1v) is 11.4. The molecule has 1 unspecified atom stereocenters. The maximum atomic E-state index is 12.9.